The summed E-state index contributed by atoms with van der Waals surface area (Å²) < 4.78 is 10.7. The van der Waals surface area contributed by atoms with E-state index in [2.05, 4.69) is 15.9 Å². The third-order valence-corrected chi connectivity index (χ3v) is 7.88. The molecule has 8 heteroatoms. The number of alkyl halides is 1. The molecular formula is C29H32BrNO6. The topological polar surface area (TPSA) is 90.0 Å². The van der Waals surface area contributed by atoms with Crippen LogP contribution in [0.4, 0.5) is 4.79 Å². The first-order valence-corrected chi connectivity index (χ1v) is 13.9. The number of benzene rings is 2. The maximum absolute atomic E-state index is 12.7. The van der Waals surface area contributed by atoms with Crippen molar-refractivity contribution < 1.29 is 28.7 Å². The van der Waals surface area contributed by atoms with Crippen molar-refractivity contribution in [2.75, 3.05) is 18.5 Å². The van der Waals surface area contributed by atoms with Crippen LogP contribution in [-0.2, 0) is 25.7 Å². The Morgan fingerprint density at radius 1 is 0.865 bits per heavy atom. The Morgan fingerprint density at radius 2 is 1.57 bits per heavy atom. The van der Waals surface area contributed by atoms with Gasteiger partial charge in [0.25, 0.3) is 0 Å². The monoisotopic (exact) mass is 569 g/mol. The van der Waals surface area contributed by atoms with Crippen molar-refractivity contribution in [1.29, 1.82) is 0 Å². The molecule has 7 nitrogen and oxygen atoms in total. The summed E-state index contributed by atoms with van der Waals surface area (Å²) in [5.41, 5.74) is 2.50. The van der Waals surface area contributed by atoms with Gasteiger partial charge in [-0.3, -0.25) is 14.5 Å². The lowest BCUT2D eigenvalue weighted by molar-refractivity contribution is -0.147. The number of amides is 1. The van der Waals surface area contributed by atoms with Crippen molar-refractivity contribution in [3.63, 3.8) is 0 Å². The van der Waals surface area contributed by atoms with Crippen LogP contribution >= 0.6 is 15.9 Å². The first-order valence-electron chi connectivity index (χ1n) is 12.8. The van der Waals surface area contributed by atoms with Crippen molar-refractivity contribution >= 4 is 39.6 Å². The molecular weight excluding hydrogens is 538 g/mol. The Kier molecular flexibility index (Phi) is 9.50. The van der Waals surface area contributed by atoms with E-state index in [1.54, 1.807) is 12.1 Å². The first-order chi connectivity index (χ1) is 18.0. The Bertz CT molecular complexity index is 1100. The van der Waals surface area contributed by atoms with Crippen LogP contribution in [0.2, 0.25) is 0 Å². The molecule has 1 aliphatic carbocycles. The molecule has 1 unspecified atom stereocenters. The summed E-state index contributed by atoms with van der Waals surface area (Å²) in [6.07, 6.45) is 4.29. The number of ketones is 2. The van der Waals surface area contributed by atoms with Crippen LogP contribution in [0, 0.1) is 5.92 Å². The zero-order valence-electron chi connectivity index (χ0n) is 20.8. The standard InChI is InChI=1S/C29H32BrNO6/c30-17-26(32)23-12-8-21(9-13-23)22-10-14-24(15-11-22)27(33)19-36-28(34)25-7-4-16-31(25)29(35)37-18-20-5-2-1-3-6-20/h1-3,5-6,10-11,14-15,21,23,25H,4,7-9,12-13,16-19H2. The number of Topliss-reactive ketones (excluding diaryl/α,β-unsaturated/α-hetero) is 2. The number of halogens is 1. The van der Waals surface area contributed by atoms with Crippen molar-refractivity contribution in [1.82, 2.24) is 4.90 Å². The smallest absolute Gasteiger partial charge is 0.410 e. The number of likely N-dealkylation sites (tertiary alicyclic amines) is 1. The van der Waals surface area contributed by atoms with Gasteiger partial charge in [-0.1, -0.05) is 70.5 Å². The van der Waals surface area contributed by atoms with Gasteiger partial charge in [0.1, 0.15) is 18.4 Å². The Morgan fingerprint density at radius 3 is 2.24 bits per heavy atom. The Balaban J connectivity index is 1.24. The fraction of sp³-hybridized carbons (Fsp3) is 0.448. The normalized spacial score (nSPS) is 21.3. The molecule has 1 saturated heterocycles. The quantitative estimate of drug-likeness (QED) is 0.226. The minimum Gasteiger partial charge on any atom is -0.456 e. The van der Waals surface area contributed by atoms with Crippen LogP contribution in [0.1, 0.15) is 65.9 Å². The second-order valence-corrected chi connectivity index (χ2v) is 10.3. The molecule has 0 aromatic heterocycles. The van der Waals surface area contributed by atoms with E-state index in [1.807, 2.05) is 42.5 Å². The Hall–Kier alpha value is -3.00. The number of rotatable bonds is 9. The molecule has 1 heterocycles. The number of carbonyl (C=O) groups excluding carboxylic acids is 4. The minimum atomic E-state index is -0.745. The highest BCUT2D eigenvalue weighted by atomic mass is 79.9. The third kappa shape index (κ3) is 7.06. The van der Waals surface area contributed by atoms with E-state index in [4.69, 9.17) is 9.47 Å². The van der Waals surface area contributed by atoms with Gasteiger partial charge in [0.2, 0.25) is 0 Å². The van der Waals surface area contributed by atoms with E-state index in [1.165, 1.54) is 4.90 Å². The number of nitrogens with zero attached hydrogens (tertiary/aromatic N) is 1. The largest absolute Gasteiger partial charge is 0.456 e. The summed E-state index contributed by atoms with van der Waals surface area (Å²) in [6, 6.07) is 16.0. The summed E-state index contributed by atoms with van der Waals surface area (Å²) in [4.78, 5) is 51.2. The van der Waals surface area contributed by atoms with Crippen molar-refractivity contribution in [3.05, 3.63) is 71.3 Å². The number of carbonyl (C=O) groups is 4. The second kappa shape index (κ2) is 13.0. The fourth-order valence-corrected chi connectivity index (χ4v) is 5.61. The second-order valence-electron chi connectivity index (χ2n) is 9.69. The van der Waals surface area contributed by atoms with Crippen LogP contribution in [0.15, 0.2) is 54.6 Å². The average Bonchev–Trinajstić information content (AvgIpc) is 3.45. The average molecular weight is 570 g/mol. The van der Waals surface area contributed by atoms with Crippen molar-refractivity contribution in [2.24, 2.45) is 5.92 Å². The summed E-state index contributed by atoms with van der Waals surface area (Å²) in [5.74, 6) is -0.0700. The summed E-state index contributed by atoms with van der Waals surface area (Å²) in [5, 5.41) is 0.417. The highest BCUT2D eigenvalue weighted by Crippen LogP contribution is 2.36. The molecule has 2 fully saturated rings. The van der Waals surface area contributed by atoms with Gasteiger partial charge in [0.15, 0.2) is 12.4 Å². The van der Waals surface area contributed by atoms with Gasteiger partial charge >= 0.3 is 12.1 Å². The lowest BCUT2D eigenvalue weighted by Crippen LogP contribution is -2.42. The van der Waals surface area contributed by atoms with Gasteiger partial charge in [-0.15, -0.1) is 0 Å². The minimum absolute atomic E-state index is 0.128. The predicted octanol–water partition coefficient (Wildman–Crippen LogP) is 5.45. The Labute approximate surface area is 225 Å². The highest BCUT2D eigenvalue weighted by molar-refractivity contribution is 9.09. The molecule has 0 bridgehead atoms. The van der Waals surface area contributed by atoms with Crippen LogP contribution in [-0.4, -0.2) is 53.1 Å². The van der Waals surface area contributed by atoms with Crippen molar-refractivity contribution in [2.45, 2.75) is 57.1 Å². The molecule has 1 amide bonds. The maximum atomic E-state index is 12.7. The molecule has 0 radical (unpaired) electrons. The zero-order valence-corrected chi connectivity index (χ0v) is 22.4. The van der Waals surface area contributed by atoms with Gasteiger partial charge in [0.05, 0.1) is 5.33 Å². The number of hydrogen-bond acceptors (Lipinski definition) is 6. The third-order valence-electron chi connectivity index (χ3n) is 7.33. The molecule has 2 aliphatic rings. The summed E-state index contributed by atoms with van der Waals surface area (Å²) in [6.45, 7) is 0.166. The molecule has 37 heavy (non-hydrogen) atoms. The van der Waals surface area contributed by atoms with E-state index < -0.39 is 18.1 Å². The molecule has 2 aromatic carbocycles. The van der Waals surface area contributed by atoms with Crippen molar-refractivity contribution in [3.8, 4) is 0 Å². The van der Waals surface area contributed by atoms with E-state index in [0.717, 1.165) is 36.8 Å². The molecule has 0 spiro atoms. The predicted molar refractivity (Wildman–Crippen MR) is 142 cm³/mol. The number of hydrogen-bond donors (Lipinski definition) is 0. The van der Waals surface area contributed by atoms with E-state index in [0.29, 0.717) is 36.2 Å². The molecule has 4 rings (SSSR count). The molecule has 2 aromatic rings. The number of ether oxygens (including phenoxy) is 2. The van der Waals surface area contributed by atoms with Gasteiger partial charge < -0.3 is 9.47 Å². The molecule has 1 saturated carbocycles. The lowest BCUT2D eigenvalue weighted by Gasteiger charge is -2.27. The zero-order chi connectivity index (χ0) is 26.2. The maximum Gasteiger partial charge on any atom is 0.410 e. The molecule has 196 valence electrons. The highest BCUT2D eigenvalue weighted by Gasteiger charge is 2.36. The van der Waals surface area contributed by atoms with Crippen LogP contribution in [0.5, 0.6) is 0 Å². The molecule has 0 N–H and O–H groups in total. The van der Waals surface area contributed by atoms with E-state index in [-0.39, 0.29) is 30.7 Å². The van der Waals surface area contributed by atoms with E-state index in [9.17, 15) is 19.2 Å². The van der Waals surface area contributed by atoms with Crippen LogP contribution in [0.25, 0.3) is 0 Å². The molecule has 1 aliphatic heterocycles. The van der Waals surface area contributed by atoms with Gasteiger partial charge in [0, 0.05) is 18.0 Å². The van der Waals surface area contributed by atoms with Crippen LogP contribution in [0.3, 0.4) is 0 Å². The first kappa shape index (κ1) is 27.0. The lowest BCUT2D eigenvalue weighted by atomic mass is 9.77. The summed E-state index contributed by atoms with van der Waals surface area (Å²) >= 11 is 3.26. The number of esters is 1. The van der Waals surface area contributed by atoms with E-state index >= 15 is 0 Å². The molecule has 1 atom stereocenters. The van der Waals surface area contributed by atoms with Gasteiger partial charge in [-0.2, -0.15) is 0 Å². The van der Waals surface area contributed by atoms with Gasteiger partial charge in [-0.25, -0.2) is 9.59 Å². The SMILES string of the molecule is O=C(COC(=O)C1CCCN1C(=O)OCc1ccccc1)c1ccc(C2CCC(C(=O)CBr)CC2)cc1. The van der Waals surface area contributed by atoms with Gasteiger partial charge in [-0.05, 0) is 55.6 Å². The van der Waals surface area contributed by atoms with Crippen LogP contribution < -0.4 is 0 Å². The fourth-order valence-electron chi connectivity index (χ4n) is 5.15. The summed E-state index contributed by atoms with van der Waals surface area (Å²) in [7, 11) is 0.